The van der Waals surface area contributed by atoms with Gasteiger partial charge in [-0.3, -0.25) is 14.6 Å². The van der Waals surface area contributed by atoms with Crippen LogP contribution >= 0.6 is 8.86 Å². The minimum Gasteiger partial charge on any atom is -0.465 e. The lowest BCUT2D eigenvalue weighted by atomic mass is 9.87. The quantitative estimate of drug-likeness (QED) is 0.0341. The van der Waals surface area contributed by atoms with Crippen LogP contribution in [0.3, 0.4) is 0 Å². The molecule has 2 atom stereocenters. The summed E-state index contributed by atoms with van der Waals surface area (Å²) in [6.45, 7) is 32.4. The molecule has 2 rings (SSSR count). The van der Waals surface area contributed by atoms with Gasteiger partial charge in [0, 0.05) is 117 Å². The fourth-order valence-electron chi connectivity index (χ4n) is 6.87. The lowest BCUT2D eigenvalue weighted by molar-refractivity contribution is -0.159. The molecule has 2 unspecified atom stereocenters. The van der Waals surface area contributed by atoms with Crippen LogP contribution in [0.1, 0.15) is 47.0 Å². The highest BCUT2D eigenvalue weighted by Gasteiger charge is 2.38. The molecular formula is C42H77N6O9P. The molecule has 2 aliphatic rings. The molecule has 0 aromatic rings. The maximum Gasteiger partial charge on any atom is 0.330 e. The van der Waals surface area contributed by atoms with Crippen molar-refractivity contribution < 1.29 is 42.8 Å². The zero-order valence-electron chi connectivity index (χ0n) is 36.6. The van der Waals surface area contributed by atoms with Crippen LogP contribution in [-0.4, -0.2) is 213 Å². The average molecular weight is 841 g/mol. The number of nitrogens with one attached hydrogen (secondary N) is 1. The molecule has 0 saturated carbocycles. The number of carbonyl (C=O) groups excluding carboxylic acids is 3. The van der Waals surface area contributed by atoms with Gasteiger partial charge in [-0.15, -0.1) is 0 Å². The predicted molar refractivity (Wildman–Crippen MR) is 232 cm³/mol. The first kappa shape index (κ1) is 51.8. The van der Waals surface area contributed by atoms with Crippen molar-refractivity contribution in [3.8, 4) is 0 Å². The molecule has 2 heterocycles. The molecule has 16 heteroatoms. The Morgan fingerprint density at radius 1 is 0.655 bits per heavy atom. The molecule has 0 bridgehead atoms. The SMILES string of the molecule is C=CC(=O)OCC(CC)(COCC(COC)(COC(=O)C=C)COC(=P)CCN1CCN(CCNCC)CC1)COC(=O)CCN1CCN(CCN(CC)CC)CC1. The zero-order valence-corrected chi connectivity index (χ0v) is 37.6. The molecule has 15 nitrogen and oxygen atoms in total. The number of methoxy groups -OCH3 is 1. The number of nitrogens with zero attached hydrogens (tertiary/aromatic N) is 5. The third-order valence-electron chi connectivity index (χ3n) is 11.2. The predicted octanol–water partition coefficient (Wildman–Crippen LogP) is 2.29. The molecule has 2 aliphatic heterocycles. The molecule has 0 aromatic heterocycles. The summed E-state index contributed by atoms with van der Waals surface area (Å²) in [5.41, 5.74) is -1.06. The van der Waals surface area contributed by atoms with Crippen molar-refractivity contribution in [2.75, 3.05) is 165 Å². The summed E-state index contributed by atoms with van der Waals surface area (Å²) in [6.07, 6.45) is 3.64. The number of ether oxygens (including phenoxy) is 6. The molecule has 0 amide bonds. The zero-order chi connectivity index (χ0) is 42.7. The molecule has 0 aromatic carbocycles. The Labute approximate surface area is 351 Å². The normalized spacial score (nSPS) is 18.0. The van der Waals surface area contributed by atoms with Gasteiger partial charge in [0.15, 0.2) is 0 Å². The topological polar surface area (TPSA) is 135 Å². The number of esters is 3. The molecule has 0 aliphatic carbocycles. The Hall–Kier alpha value is -2.30. The average Bonchev–Trinajstić information content (AvgIpc) is 3.25. The highest BCUT2D eigenvalue weighted by atomic mass is 31.0. The first-order chi connectivity index (χ1) is 28.0. The van der Waals surface area contributed by atoms with E-state index in [2.05, 4.69) is 72.6 Å². The van der Waals surface area contributed by atoms with Crippen molar-refractivity contribution in [3.63, 3.8) is 0 Å². The van der Waals surface area contributed by atoms with E-state index < -0.39 is 22.8 Å². The van der Waals surface area contributed by atoms with Gasteiger partial charge in [0.25, 0.3) is 0 Å². The molecule has 0 radical (unpaired) electrons. The smallest absolute Gasteiger partial charge is 0.330 e. The fraction of sp³-hybridized carbons (Fsp3) is 0.810. The van der Waals surface area contributed by atoms with E-state index in [4.69, 9.17) is 28.4 Å². The number of piperazine rings is 2. The van der Waals surface area contributed by atoms with Gasteiger partial charge in [0.05, 0.1) is 49.2 Å². The van der Waals surface area contributed by atoms with Crippen LogP contribution in [0.15, 0.2) is 25.3 Å². The maximum atomic E-state index is 13.1. The third-order valence-corrected chi connectivity index (χ3v) is 11.6. The maximum absolute atomic E-state index is 13.1. The van der Waals surface area contributed by atoms with Gasteiger partial charge < -0.3 is 48.4 Å². The van der Waals surface area contributed by atoms with E-state index in [1.807, 2.05) is 6.92 Å². The highest BCUT2D eigenvalue weighted by molar-refractivity contribution is 7.20. The lowest BCUT2D eigenvalue weighted by Gasteiger charge is -2.36. The van der Waals surface area contributed by atoms with Gasteiger partial charge in [0.1, 0.15) is 19.8 Å². The molecule has 2 fully saturated rings. The molecule has 58 heavy (non-hydrogen) atoms. The van der Waals surface area contributed by atoms with E-state index in [1.165, 1.54) is 0 Å². The van der Waals surface area contributed by atoms with E-state index in [0.29, 0.717) is 24.9 Å². The summed E-state index contributed by atoms with van der Waals surface area (Å²) < 4.78 is 35.1. The van der Waals surface area contributed by atoms with E-state index in [-0.39, 0.29) is 58.6 Å². The second kappa shape index (κ2) is 29.8. The van der Waals surface area contributed by atoms with E-state index >= 15 is 0 Å². The van der Waals surface area contributed by atoms with E-state index in [0.717, 1.165) is 117 Å². The van der Waals surface area contributed by atoms with Crippen LogP contribution in [0.4, 0.5) is 0 Å². The molecule has 334 valence electrons. The van der Waals surface area contributed by atoms with Crippen molar-refractivity contribution in [2.45, 2.75) is 47.0 Å². The van der Waals surface area contributed by atoms with Gasteiger partial charge >= 0.3 is 17.9 Å². The van der Waals surface area contributed by atoms with Crippen LogP contribution in [-0.2, 0) is 42.8 Å². The Morgan fingerprint density at radius 2 is 1.14 bits per heavy atom. The monoisotopic (exact) mass is 841 g/mol. The number of rotatable bonds is 33. The fourth-order valence-corrected chi connectivity index (χ4v) is 7.06. The Morgan fingerprint density at radius 3 is 1.66 bits per heavy atom. The second-order valence-electron chi connectivity index (χ2n) is 15.5. The van der Waals surface area contributed by atoms with Crippen LogP contribution in [0.2, 0.25) is 0 Å². The second-order valence-corrected chi connectivity index (χ2v) is 16.1. The van der Waals surface area contributed by atoms with Crippen LogP contribution in [0.5, 0.6) is 0 Å². The first-order valence-corrected chi connectivity index (χ1v) is 21.8. The summed E-state index contributed by atoms with van der Waals surface area (Å²) in [7, 11) is 5.26. The van der Waals surface area contributed by atoms with Crippen molar-refractivity contribution >= 4 is 32.3 Å². The van der Waals surface area contributed by atoms with Gasteiger partial charge in [-0.2, -0.15) is 0 Å². The Bertz CT molecular complexity index is 1210. The Kier molecular flexibility index (Phi) is 26.7. The summed E-state index contributed by atoms with van der Waals surface area (Å²) >= 11 is 0. The summed E-state index contributed by atoms with van der Waals surface area (Å²) in [4.78, 5) is 49.6. The minimum atomic E-state index is -0.896. The lowest BCUT2D eigenvalue weighted by Crippen LogP contribution is -2.48. The first-order valence-electron chi connectivity index (χ1n) is 21.3. The van der Waals surface area contributed by atoms with Crippen molar-refractivity contribution in [1.29, 1.82) is 0 Å². The highest BCUT2D eigenvalue weighted by Crippen LogP contribution is 2.28. The number of carbonyl (C=O) groups is 3. The summed E-state index contributed by atoms with van der Waals surface area (Å²) in [5.74, 6) is -1.47. The Balaban J connectivity index is 1.98. The van der Waals surface area contributed by atoms with Crippen molar-refractivity contribution in [1.82, 2.24) is 29.8 Å². The van der Waals surface area contributed by atoms with Gasteiger partial charge in [-0.25, -0.2) is 9.59 Å². The largest absolute Gasteiger partial charge is 0.465 e. The summed E-state index contributed by atoms with van der Waals surface area (Å²) in [6, 6.07) is 0. The summed E-state index contributed by atoms with van der Waals surface area (Å²) in [5, 5.41) is 3.39. The third kappa shape index (κ3) is 20.8. The number of hydrogen-bond donors (Lipinski definition) is 1. The van der Waals surface area contributed by atoms with E-state index in [9.17, 15) is 14.4 Å². The molecule has 0 spiro atoms. The molecule has 1 N–H and O–H groups in total. The number of likely N-dealkylation sites (N-methyl/N-ethyl adjacent to an activating group) is 2. The molecule has 2 saturated heterocycles. The van der Waals surface area contributed by atoms with Gasteiger partial charge in [-0.1, -0.05) is 49.7 Å². The van der Waals surface area contributed by atoms with Gasteiger partial charge in [-0.05, 0) is 26.1 Å². The van der Waals surface area contributed by atoms with Crippen molar-refractivity contribution in [2.24, 2.45) is 10.8 Å². The standard InChI is InChI=1S/C42H77N6O9P/c1-8-37(49)54-33-41(10-3,34-56-39(51)14-17-45-24-28-48(29-25-45)21-20-44(12-5)13-6)31-53-32-42(30-52-7,35-55-38(50)9-2)36-57-40(58)15-18-46-22-26-47(27-23-46)19-16-43-11-4/h8-9,43,58H,1-2,10-36H2,3-7H3. The number of hydrogen-bond acceptors (Lipinski definition) is 15. The van der Waals surface area contributed by atoms with E-state index in [1.54, 1.807) is 7.11 Å². The molecular weight excluding hydrogens is 763 g/mol. The minimum absolute atomic E-state index is 0.00590. The van der Waals surface area contributed by atoms with Gasteiger partial charge in [0.2, 0.25) is 0 Å². The van der Waals surface area contributed by atoms with Crippen molar-refractivity contribution in [3.05, 3.63) is 25.3 Å². The van der Waals surface area contributed by atoms with Crippen LogP contribution in [0.25, 0.3) is 0 Å². The van der Waals surface area contributed by atoms with Crippen LogP contribution < -0.4 is 5.32 Å². The van der Waals surface area contributed by atoms with Crippen LogP contribution in [0, 0.1) is 10.8 Å².